The Morgan fingerprint density at radius 2 is 1.52 bits per heavy atom. The van der Waals surface area contributed by atoms with Crippen LogP contribution >= 0.6 is 0 Å². The second kappa shape index (κ2) is 11.6. The zero-order valence-electron chi connectivity index (χ0n) is 28.8. The van der Waals surface area contributed by atoms with Gasteiger partial charge in [-0.25, -0.2) is 8.42 Å². The van der Waals surface area contributed by atoms with Gasteiger partial charge in [-0.05, 0) is 146 Å². The third-order valence-electron chi connectivity index (χ3n) is 16.5. The number of rotatable bonds is 10. The number of ketones is 1. The summed E-state index contributed by atoms with van der Waals surface area (Å²) in [7, 11) is -3.40. The summed E-state index contributed by atoms with van der Waals surface area (Å²) >= 11 is 0. The van der Waals surface area contributed by atoms with Gasteiger partial charge in [0.05, 0.1) is 18.0 Å². The summed E-state index contributed by atoms with van der Waals surface area (Å²) in [4.78, 5) is 13.0. The molecule has 6 rings (SSSR count). The Labute approximate surface area is 269 Å². The van der Waals surface area contributed by atoms with Crippen LogP contribution in [0.3, 0.4) is 0 Å². The van der Waals surface area contributed by atoms with E-state index >= 15 is 0 Å². The van der Waals surface area contributed by atoms with Crippen LogP contribution in [0.15, 0.2) is 0 Å². The van der Waals surface area contributed by atoms with E-state index in [1.165, 1.54) is 25.7 Å². The first-order valence-corrected chi connectivity index (χ1v) is 20.5. The van der Waals surface area contributed by atoms with Gasteiger partial charge < -0.3 is 10.2 Å². The number of aliphatic hydroxyl groups is 2. The number of carbonyl (C=O) groups is 1. The maximum Gasteiger partial charge on any atom is 0.157 e. The molecule has 0 heterocycles. The smallest absolute Gasteiger partial charge is 0.157 e. The van der Waals surface area contributed by atoms with Crippen molar-refractivity contribution in [3.8, 4) is 0 Å². The number of hydrogen-bond acceptors (Lipinski definition) is 5. The van der Waals surface area contributed by atoms with E-state index in [0.717, 1.165) is 64.2 Å². The fourth-order valence-corrected chi connectivity index (χ4v) is 16.1. The highest BCUT2D eigenvalue weighted by molar-refractivity contribution is 7.92. The third-order valence-corrected chi connectivity index (χ3v) is 18.2. The third kappa shape index (κ3) is 5.20. The van der Waals surface area contributed by atoms with Crippen molar-refractivity contribution in [1.82, 2.24) is 0 Å². The number of aliphatic hydroxyl groups excluding tert-OH is 2. The van der Waals surface area contributed by atoms with Crippen molar-refractivity contribution >= 4 is 15.6 Å². The van der Waals surface area contributed by atoms with Gasteiger partial charge in [-0.3, -0.25) is 4.79 Å². The van der Waals surface area contributed by atoms with Gasteiger partial charge in [-0.2, -0.15) is 0 Å². The summed E-state index contributed by atoms with van der Waals surface area (Å²) in [6, 6.07) is 0. The summed E-state index contributed by atoms with van der Waals surface area (Å²) in [5.74, 6) is 3.72. The van der Waals surface area contributed by atoms with E-state index < -0.39 is 9.84 Å². The van der Waals surface area contributed by atoms with E-state index in [-0.39, 0.29) is 57.1 Å². The fraction of sp³-hybridized carbons (Fsp3) is 0.974. The van der Waals surface area contributed by atoms with Crippen LogP contribution in [0, 0.1) is 69.0 Å². The van der Waals surface area contributed by atoms with Crippen LogP contribution in [0.4, 0.5) is 0 Å². The molecule has 11 atom stereocenters. The molecule has 0 aliphatic heterocycles. The molecule has 0 saturated heterocycles. The van der Waals surface area contributed by atoms with E-state index in [9.17, 15) is 23.4 Å². The predicted octanol–water partition coefficient (Wildman–Crippen LogP) is 7.62. The van der Waals surface area contributed by atoms with Crippen LogP contribution in [0.5, 0.6) is 0 Å². The van der Waals surface area contributed by atoms with Gasteiger partial charge in [0, 0.05) is 6.42 Å². The van der Waals surface area contributed by atoms with Crippen molar-refractivity contribution in [1.29, 1.82) is 0 Å². The highest BCUT2D eigenvalue weighted by atomic mass is 32.2. The second-order valence-electron chi connectivity index (χ2n) is 18.3. The average molecular weight is 633 g/mol. The van der Waals surface area contributed by atoms with Crippen LogP contribution in [-0.4, -0.2) is 48.1 Å². The molecule has 44 heavy (non-hydrogen) atoms. The predicted molar refractivity (Wildman–Crippen MR) is 177 cm³/mol. The van der Waals surface area contributed by atoms with Crippen LogP contribution in [0.1, 0.15) is 138 Å². The Morgan fingerprint density at radius 1 is 0.864 bits per heavy atom. The first kappa shape index (κ1) is 33.4. The molecule has 0 amide bonds. The highest BCUT2D eigenvalue weighted by Crippen LogP contribution is 2.70. The maximum absolute atomic E-state index is 13.2. The van der Waals surface area contributed by atoms with Crippen LogP contribution < -0.4 is 0 Å². The normalized spacial score (nSPS) is 48.4. The molecule has 0 unspecified atom stereocenters. The van der Waals surface area contributed by atoms with E-state index in [2.05, 4.69) is 41.5 Å². The van der Waals surface area contributed by atoms with Gasteiger partial charge in [0.25, 0.3) is 0 Å². The monoisotopic (exact) mass is 632 g/mol. The summed E-state index contributed by atoms with van der Waals surface area (Å²) in [6.45, 7) is 14.1. The van der Waals surface area contributed by atoms with Crippen molar-refractivity contribution in [2.45, 2.75) is 150 Å². The minimum atomic E-state index is -3.40. The number of hydrogen-bond donors (Lipinski definition) is 2. The van der Waals surface area contributed by atoms with E-state index in [1.807, 2.05) is 0 Å². The van der Waals surface area contributed by atoms with E-state index in [0.29, 0.717) is 47.8 Å². The molecule has 6 aliphatic carbocycles. The van der Waals surface area contributed by atoms with Gasteiger partial charge in [-0.1, -0.05) is 54.4 Å². The molecule has 5 nitrogen and oxygen atoms in total. The lowest BCUT2D eigenvalue weighted by atomic mass is 9.41. The zero-order valence-corrected chi connectivity index (χ0v) is 29.6. The molecule has 6 fully saturated rings. The van der Waals surface area contributed by atoms with Crippen molar-refractivity contribution in [3.63, 3.8) is 0 Å². The van der Waals surface area contributed by atoms with Gasteiger partial charge in [-0.15, -0.1) is 0 Å². The summed E-state index contributed by atoms with van der Waals surface area (Å²) in [5, 5.41) is 22.5. The van der Waals surface area contributed by atoms with Crippen LogP contribution in [0.2, 0.25) is 0 Å². The molecule has 0 radical (unpaired) electrons. The Morgan fingerprint density at radius 3 is 2.16 bits per heavy atom. The van der Waals surface area contributed by atoms with Gasteiger partial charge in [0.2, 0.25) is 0 Å². The Kier molecular flexibility index (Phi) is 8.82. The van der Waals surface area contributed by atoms with Crippen LogP contribution in [-0.2, 0) is 14.6 Å². The largest absolute Gasteiger partial charge is 0.393 e. The fourth-order valence-electron chi connectivity index (χ4n) is 13.8. The molecule has 6 aliphatic rings. The zero-order chi connectivity index (χ0) is 31.9. The highest BCUT2D eigenvalue weighted by Gasteiger charge is 2.65. The molecule has 0 aromatic carbocycles. The Hall–Kier alpha value is -0.460. The number of sulfone groups is 1. The standard InChI is InChI=1S/C38H64O5S/c1-7-28-32-21-26(39)15-17-37(32,6)31-16-18-36(5)29(11-12-30(36)33(31)34(28)41)24(2)9-8-10-27(40)22-44(42,43)23-38-19-13-25(14-20-38)35(38,3)4/h24-26,28-34,39,41H,7-23H2,1-6H3/t24-,25?,26-,28-,29-,30+,31+,32+,33+,34-,36-,37-,38?/m1/s1. The van der Waals surface area contributed by atoms with Crippen molar-refractivity contribution in [2.75, 3.05) is 11.5 Å². The molecule has 2 N–H and O–H groups in total. The lowest BCUT2D eigenvalue weighted by Gasteiger charge is -2.64. The molecule has 252 valence electrons. The van der Waals surface area contributed by atoms with E-state index in [1.54, 1.807) is 0 Å². The number of Topliss-reactive ketones (excluding diaryl/α,β-unsaturated/α-hetero) is 1. The first-order valence-electron chi connectivity index (χ1n) is 18.7. The molecular weight excluding hydrogens is 568 g/mol. The quantitative estimate of drug-likeness (QED) is 0.259. The second-order valence-corrected chi connectivity index (χ2v) is 20.4. The lowest BCUT2D eigenvalue weighted by Crippen LogP contribution is -2.62. The van der Waals surface area contributed by atoms with Gasteiger partial charge in [0.15, 0.2) is 9.84 Å². The maximum atomic E-state index is 13.2. The minimum absolute atomic E-state index is 0.0659. The summed E-state index contributed by atoms with van der Waals surface area (Å²) < 4.78 is 26.5. The minimum Gasteiger partial charge on any atom is -0.393 e. The molecule has 6 heteroatoms. The van der Waals surface area contributed by atoms with Gasteiger partial charge in [0.1, 0.15) is 11.5 Å². The average Bonchev–Trinajstić information content (AvgIpc) is 3.50. The molecule has 0 aromatic heterocycles. The molecule has 0 aromatic rings. The van der Waals surface area contributed by atoms with E-state index in [4.69, 9.17) is 0 Å². The lowest BCUT2D eigenvalue weighted by molar-refractivity contribution is -0.203. The molecule has 6 saturated carbocycles. The molecule has 2 bridgehead atoms. The topological polar surface area (TPSA) is 91.7 Å². The van der Waals surface area contributed by atoms with Crippen molar-refractivity contribution in [3.05, 3.63) is 0 Å². The SMILES string of the molecule is CC[C@H]1[C@@H](O)[C@@H]2[C@H](CC[C@]3(C)[C@@H]([C@H](C)CCCC(=O)CS(=O)(=O)CC45CCC(CC4)C5(C)C)CC[C@@H]23)[C@@]2(C)CC[C@@H](O)C[C@@H]12. The van der Waals surface area contributed by atoms with Crippen molar-refractivity contribution < 1.29 is 23.4 Å². The van der Waals surface area contributed by atoms with Crippen LogP contribution in [0.25, 0.3) is 0 Å². The molecular formula is C38H64O5S. The number of carbonyl (C=O) groups excluding carboxylic acids is 1. The summed E-state index contributed by atoms with van der Waals surface area (Å²) in [5.41, 5.74) is 0.383. The van der Waals surface area contributed by atoms with Crippen molar-refractivity contribution in [2.24, 2.45) is 69.0 Å². The Bertz CT molecular complexity index is 1190. The first-order chi connectivity index (χ1) is 20.6. The summed E-state index contributed by atoms with van der Waals surface area (Å²) in [6.07, 6.45) is 14.6. The van der Waals surface area contributed by atoms with Gasteiger partial charge >= 0.3 is 0 Å². The number of fused-ring (bicyclic) bond motifs is 7. The molecule has 0 spiro atoms. The Balaban J connectivity index is 1.05.